The third-order valence-corrected chi connectivity index (χ3v) is 3.59. The Labute approximate surface area is 167 Å². The van der Waals surface area contributed by atoms with Gasteiger partial charge >= 0.3 is 0 Å². The Balaban J connectivity index is 0.00000312. The molecule has 0 bridgehead atoms. The molecule has 0 atom stereocenters. The molecule has 1 aliphatic rings. The van der Waals surface area contributed by atoms with Gasteiger partial charge in [-0.3, -0.25) is 9.79 Å². The Morgan fingerprint density at radius 3 is 2.56 bits per heavy atom. The van der Waals surface area contributed by atoms with Crippen LogP contribution in [0.5, 0.6) is 5.75 Å². The van der Waals surface area contributed by atoms with Crippen molar-refractivity contribution >= 4 is 35.8 Å². The minimum atomic E-state index is 0. The Morgan fingerprint density at radius 1 is 1.16 bits per heavy atom. The highest BCUT2D eigenvalue weighted by atomic mass is 127. The van der Waals surface area contributed by atoms with Crippen molar-refractivity contribution < 1.29 is 9.53 Å². The number of guanidine groups is 1. The quantitative estimate of drug-likeness (QED) is 0.217. The summed E-state index contributed by atoms with van der Waals surface area (Å²) in [5, 5.41) is 9.36. The zero-order valence-corrected chi connectivity index (χ0v) is 17.1. The molecule has 1 fully saturated rings. The van der Waals surface area contributed by atoms with Gasteiger partial charge in [0.1, 0.15) is 5.75 Å². The first kappa shape index (κ1) is 21.5. The molecule has 6 nitrogen and oxygen atoms in total. The normalized spacial score (nSPS) is 13.6. The van der Waals surface area contributed by atoms with Crippen molar-refractivity contribution in [3.63, 3.8) is 0 Å². The van der Waals surface area contributed by atoms with Crippen LogP contribution in [0.3, 0.4) is 0 Å². The smallest absolute Gasteiger partial charge is 0.223 e. The number of halogens is 1. The molecule has 1 amide bonds. The lowest BCUT2D eigenvalue weighted by Crippen LogP contribution is -2.41. The molecule has 1 aliphatic carbocycles. The van der Waals surface area contributed by atoms with E-state index in [4.69, 9.17) is 4.74 Å². The van der Waals surface area contributed by atoms with Gasteiger partial charge in [-0.05, 0) is 31.9 Å². The van der Waals surface area contributed by atoms with Crippen LogP contribution in [0.2, 0.25) is 0 Å². The van der Waals surface area contributed by atoms with Crippen molar-refractivity contribution in [3.8, 4) is 5.75 Å². The lowest BCUT2D eigenvalue weighted by Gasteiger charge is -2.12. The number of carbonyl (C=O) groups excluding carboxylic acids is 1. The van der Waals surface area contributed by atoms with Crippen LogP contribution in [0.4, 0.5) is 0 Å². The molecule has 1 aromatic rings. The maximum atomic E-state index is 11.5. The fraction of sp³-hybridized carbons (Fsp3) is 0.556. The average molecular weight is 460 g/mol. The van der Waals surface area contributed by atoms with Gasteiger partial charge in [0.2, 0.25) is 5.91 Å². The number of rotatable bonds is 10. The van der Waals surface area contributed by atoms with Gasteiger partial charge in [0, 0.05) is 38.5 Å². The van der Waals surface area contributed by atoms with Gasteiger partial charge in [-0.2, -0.15) is 0 Å². The van der Waals surface area contributed by atoms with E-state index >= 15 is 0 Å². The van der Waals surface area contributed by atoms with Crippen molar-refractivity contribution in [1.82, 2.24) is 16.0 Å². The van der Waals surface area contributed by atoms with E-state index in [0.717, 1.165) is 37.5 Å². The summed E-state index contributed by atoms with van der Waals surface area (Å²) in [6, 6.07) is 9.79. The van der Waals surface area contributed by atoms with E-state index in [0.29, 0.717) is 26.2 Å². The van der Waals surface area contributed by atoms with Crippen molar-refractivity contribution in [2.45, 2.75) is 26.2 Å². The Hall–Kier alpha value is -1.51. The number of nitrogens with one attached hydrogen (secondary N) is 3. The number of nitrogens with zero attached hydrogens (tertiary/aromatic N) is 1. The van der Waals surface area contributed by atoms with Crippen LogP contribution in [0.15, 0.2) is 35.3 Å². The predicted molar refractivity (Wildman–Crippen MR) is 112 cm³/mol. The van der Waals surface area contributed by atoms with Crippen LogP contribution in [-0.4, -0.2) is 44.7 Å². The number of ether oxygens (including phenoxy) is 1. The number of hydrogen-bond donors (Lipinski definition) is 3. The number of amides is 1. The summed E-state index contributed by atoms with van der Waals surface area (Å²) in [5.74, 6) is 2.10. The molecule has 3 N–H and O–H groups in total. The van der Waals surface area contributed by atoms with E-state index in [9.17, 15) is 4.79 Å². The second-order valence-electron chi connectivity index (χ2n) is 5.77. The van der Waals surface area contributed by atoms with E-state index in [1.54, 1.807) is 0 Å². The van der Waals surface area contributed by atoms with Gasteiger partial charge in [0.05, 0.1) is 6.61 Å². The molecule has 0 spiro atoms. The first-order valence-corrected chi connectivity index (χ1v) is 8.77. The number of hydrogen-bond acceptors (Lipinski definition) is 3. The summed E-state index contributed by atoms with van der Waals surface area (Å²) < 4.78 is 5.64. The van der Waals surface area contributed by atoms with Gasteiger partial charge in [-0.1, -0.05) is 18.2 Å². The van der Waals surface area contributed by atoms with Gasteiger partial charge in [0.15, 0.2) is 5.96 Å². The fourth-order valence-electron chi connectivity index (χ4n) is 2.16. The topological polar surface area (TPSA) is 74.8 Å². The molecule has 25 heavy (non-hydrogen) atoms. The molecule has 0 heterocycles. The second kappa shape index (κ2) is 12.8. The number of carbonyl (C=O) groups is 1. The minimum absolute atomic E-state index is 0. The highest BCUT2D eigenvalue weighted by Crippen LogP contribution is 2.28. The number of aliphatic imine (C=N–C) groups is 1. The number of benzene rings is 1. The molecule has 1 aromatic carbocycles. The van der Waals surface area contributed by atoms with Crippen LogP contribution in [-0.2, 0) is 4.79 Å². The Kier molecular flexibility index (Phi) is 11.0. The van der Waals surface area contributed by atoms with Crippen LogP contribution < -0.4 is 20.7 Å². The van der Waals surface area contributed by atoms with Crippen LogP contribution in [0.25, 0.3) is 0 Å². The molecule has 140 valence electrons. The van der Waals surface area contributed by atoms with Crippen molar-refractivity contribution in [2.24, 2.45) is 10.9 Å². The predicted octanol–water partition coefficient (Wildman–Crippen LogP) is 2.15. The molecule has 0 radical (unpaired) electrons. The van der Waals surface area contributed by atoms with Gasteiger partial charge in [0.25, 0.3) is 0 Å². The first-order valence-electron chi connectivity index (χ1n) is 8.77. The van der Waals surface area contributed by atoms with Crippen LogP contribution in [0.1, 0.15) is 26.2 Å². The molecule has 2 rings (SSSR count). The van der Waals surface area contributed by atoms with E-state index < -0.39 is 0 Å². The largest absolute Gasteiger partial charge is 0.494 e. The fourth-order valence-corrected chi connectivity index (χ4v) is 2.16. The molecule has 1 saturated carbocycles. The standard InChI is InChI=1S/C18H28N4O2.HI/c1-2-19-18(22-13-12-20-17(23)15-9-10-15)21-11-6-14-24-16-7-4-3-5-8-16;/h3-5,7-8,15H,2,6,9-14H2,1H3,(H,20,23)(H2,19,21,22);1H. The summed E-state index contributed by atoms with van der Waals surface area (Å²) in [7, 11) is 0. The minimum Gasteiger partial charge on any atom is -0.494 e. The lowest BCUT2D eigenvalue weighted by atomic mass is 10.3. The van der Waals surface area contributed by atoms with Crippen molar-refractivity contribution in [3.05, 3.63) is 30.3 Å². The number of para-hydroxylation sites is 1. The summed E-state index contributed by atoms with van der Waals surface area (Å²) >= 11 is 0. The lowest BCUT2D eigenvalue weighted by molar-refractivity contribution is -0.122. The average Bonchev–Trinajstić information content (AvgIpc) is 3.44. The molecular formula is C18H29IN4O2. The summed E-state index contributed by atoms with van der Waals surface area (Å²) in [6.07, 6.45) is 2.92. The maximum Gasteiger partial charge on any atom is 0.223 e. The zero-order valence-electron chi connectivity index (χ0n) is 14.8. The van der Waals surface area contributed by atoms with Crippen molar-refractivity contribution in [1.29, 1.82) is 0 Å². The van der Waals surface area contributed by atoms with E-state index in [-0.39, 0.29) is 35.8 Å². The molecular weight excluding hydrogens is 431 g/mol. The second-order valence-corrected chi connectivity index (χ2v) is 5.77. The van der Waals surface area contributed by atoms with E-state index in [1.165, 1.54) is 0 Å². The van der Waals surface area contributed by atoms with Crippen LogP contribution in [0, 0.1) is 5.92 Å². The van der Waals surface area contributed by atoms with Gasteiger partial charge in [-0.15, -0.1) is 24.0 Å². The Bertz CT molecular complexity index is 521. The van der Waals surface area contributed by atoms with E-state index in [1.807, 2.05) is 37.3 Å². The molecule has 0 aromatic heterocycles. The third-order valence-electron chi connectivity index (χ3n) is 3.59. The van der Waals surface area contributed by atoms with Gasteiger partial charge < -0.3 is 20.7 Å². The summed E-state index contributed by atoms with van der Waals surface area (Å²) in [6.45, 7) is 5.47. The van der Waals surface area contributed by atoms with E-state index in [2.05, 4.69) is 20.9 Å². The highest BCUT2D eigenvalue weighted by molar-refractivity contribution is 14.0. The zero-order chi connectivity index (χ0) is 17.0. The first-order chi connectivity index (χ1) is 11.8. The molecule has 0 aliphatic heterocycles. The SMILES string of the molecule is CCNC(=NCCCOc1ccccc1)NCCNC(=O)C1CC1.I. The molecule has 0 unspecified atom stereocenters. The van der Waals surface area contributed by atoms with Gasteiger partial charge in [-0.25, -0.2) is 0 Å². The van der Waals surface area contributed by atoms with Crippen LogP contribution >= 0.6 is 24.0 Å². The monoisotopic (exact) mass is 460 g/mol. The summed E-state index contributed by atoms with van der Waals surface area (Å²) in [5.41, 5.74) is 0. The van der Waals surface area contributed by atoms with Crippen molar-refractivity contribution in [2.75, 3.05) is 32.8 Å². The Morgan fingerprint density at radius 2 is 1.88 bits per heavy atom. The molecule has 7 heteroatoms. The third kappa shape index (κ3) is 9.52. The highest BCUT2D eigenvalue weighted by Gasteiger charge is 2.28. The molecule has 0 saturated heterocycles. The maximum absolute atomic E-state index is 11.5. The summed E-state index contributed by atoms with van der Waals surface area (Å²) in [4.78, 5) is 16.0.